The van der Waals surface area contributed by atoms with Gasteiger partial charge in [-0.25, -0.2) is 4.98 Å². The first-order chi connectivity index (χ1) is 10.6. The predicted octanol–water partition coefficient (Wildman–Crippen LogP) is 1.66. The molecule has 0 spiro atoms. The van der Waals surface area contributed by atoms with Crippen molar-refractivity contribution in [2.24, 2.45) is 5.73 Å². The third kappa shape index (κ3) is 4.29. The Kier molecular flexibility index (Phi) is 7.63. The Labute approximate surface area is 145 Å². The minimum Gasteiger partial charge on any atom is -0.480 e. The average Bonchev–Trinajstić information content (AvgIpc) is 2.84. The van der Waals surface area contributed by atoms with Gasteiger partial charge in [-0.3, -0.25) is 4.79 Å². The molecule has 3 N–H and O–H groups in total. The van der Waals surface area contributed by atoms with E-state index >= 15 is 0 Å². The minimum atomic E-state index is -0.121. The standard InChI is InChI=1S/C14H20N4O3S.ClH/c1-8-10-13(21-3)17-9(7-20-2)18-14(10)22-11(8)12(19)16-6-4-5-15;/h4-7,15H2,1-3H3,(H,16,19);1H. The van der Waals surface area contributed by atoms with Crippen molar-refractivity contribution in [2.45, 2.75) is 20.0 Å². The van der Waals surface area contributed by atoms with Gasteiger partial charge in [0.1, 0.15) is 11.4 Å². The van der Waals surface area contributed by atoms with E-state index in [1.54, 1.807) is 14.2 Å². The summed E-state index contributed by atoms with van der Waals surface area (Å²) in [6.07, 6.45) is 0.747. The Balaban J connectivity index is 0.00000264. The summed E-state index contributed by atoms with van der Waals surface area (Å²) in [5.41, 5.74) is 6.26. The van der Waals surface area contributed by atoms with Gasteiger partial charge < -0.3 is 20.5 Å². The maximum Gasteiger partial charge on any atom is 0.261 e. The molecule has 128 valence electrons. The van der Waals surface area contributed by atoms with Gasteiger partial charge in [0.05, 0.1) is 17.4 Å². The first kappa shape index (κ1) is 19.6. The fourth-order valence-electron chi connectivity index (χ4n) is 2.09. The van der Waals surface area contributed by atoms with Gasteiger partial charge in [0.2, 0.25) is 5.88 Å². The number of carbonyl (C=O) groups is 1. The molecule has 0 saturated heterocycles. The van der Waals surface area contributed by atoms with E-state index in [2.05, 4.69) is 15.3 Å². The molecule has 2 heterocycles. The van der Waals surface area contributed by atoms with E-state index in [0.717, 1.165) is 22.2 Å². The molecule has 0 fully saturated rings. The van der Waals surface area contributed by atoms with Gasteiger partial charge in [-0.15, -0.1) is 23.7 Å². The molecular formula is C14H21ClN4O3S. The molecule has 7 nitrogen and oxygen atoms in total. The molecule has 0 bridgehead atoms. The topological polar surface area (TPSA) is 99.4 Å². The van der Waals surface area contributed by atoms with Crippen LogP contribution in [0.1, 0.15) is 27.5 Å². The zero-order valence-electron chi connectivity index (χ0n) is 13.3. The van der Waals surface area contributed by atoms with Crippen LogP contribution >= 0.6 is 23.7 Å². The van der Waals surface area contributed by atoms with Gasteiger partial charge >= 0.3 is 0 Å². The molecule has 0 aliphatic heterocycles. The minimum absolute atomic E-state index is 0. The van der Waals surface area contributed by atoms with Crippen molar-refractivity contribution >= 4 is 39.9 Å². The summed E-state index contributed by atoms with van der Waals surface area (Å²) >= 11 is 1.33. The number of nitrogens with one attached hydrogen (secondary N) is 1. The quantitative estimate of drug-likeness (QED) is 0.728. The number of carbonyl (C=O) groups excluding carboxylic acids is 1. The highest BCUT2D eigenvalue weighted by Crippen LogP contribution is 2.34. The van der Waals surface area contributed by atoms with E-state index in [4.69, 9.17) is 15.2 Å². The van der Waals surface area contributed by atoms with Crippen LogP contribution in [0, 0.1) is 6.92 Å². The number of methoxy groups -OCH3 is 2. The van der Waals surface area contributed by atoms with E-state index < -0.39 is 0 Å². The largest absolute Gasteiger partial charge is 0.480 e. The Bertz CT molecular complexity index is 678. The van der Waals surface area contributed by atoms with Crippen LogP contribution < -0.4 is 15.8 Å². The number of fused-ring (bicyclic) bond motifs is 1. The average molecular weight is 361 g/mol. The molecule has 2 aromatic heterocycles. The van der Waals surface area contributed by atoms with Gasteiger partial charge in [0.25, 0.3) is 5.91 Å². The lowest BCUT2D eigenvalue weighted by Crippen LogP contribution is -2.25. The maximum atomic E-state index is 12.3. The summed E-state index contributed by atoms with van der Waals surface area (Å²) < 4.78 is 10.4. The highest BCUT2D eigenvalue weighted by atomic mass is 35.5. The van der Waals surface area contributed by atoms with Crippen LogP contribution in [-0.4, -0.2) is 43.2 Å². The van der Waals surface area contributed by atoms with Crippen LogP contribution in [0.25, 0.3) is 10.2 Å². The number of ether oxygens (including phenoxy) is 2. The Morgan fingerprint density at radius 2 is 2.09 bits per heavy atom. The fraction of sp³-hybridized carbons (Fsp3) is 0.500. The third-order valence-corrected chi connectivity index (χ3v) is 4.33. The lowest BCUT2D eigenvalue weighted by Gasteiger charge is -2.05. The van der Waals surface area contributed by atoms with Crippen LogP contribution in [0.5, 0.6) is 5.88 Å². The molecule has 2 rings (SSSR count). The van der Waals surface area contributed by atoms with Crippen molar-refractivity contribution < 1.29 is 14.3 Å². The van der Waals surface area contributed by atoms with E-state index in [-0.39, 0.29) is 18.3 Å². The number of nitrogens with two attached hydrogens (primary N) is 1. The lowest BCUT2D eigenvalue weighted by atomic mass is 10.2. The van der Waals surface area contributed by atoms with Crippen LogP contribution in [0.2, 0.25) is 0 Å². The summed E-state index contributed by atoms with van der Waals surface area (Å²) in [6, 6.07) is 0. The maximum absolute atomic E-state index is 12.3. The van der Waals surface area contributed by atoms with Crippen molar-refractivity contribution in [2.75, 3.05) is 27.3 Å². The summed E-state index contributed by atoms with van der Waals surface area (Å²) in [6.45, 7) is 3.27. The molecule has 9 heteroatoms. The molecule has 0 aromatic carbocycles. The summed E-state index contributed by atoms with van der Waals surface area (Å²) in [4.78, 5) is 22.4. The number of hydrogen-bond donors (Lipinski definition) is 2. The van der Waals surface area contributed by atoms with Crippen molar-refractivity contribution in [3.63, 3.8) is 0 Å². The number of amides is 1. The molecule has 0 atom stereocenters. The molecule has 23 heavy (non-hydrogen) atoms. The Morgan fingerprint density at radius 1 is 1.35 bits per heavy atom. The van der Waals surface area contributed by atoms with Crippen molar-refractivity contribution in [1.82, 2.24) is 15.3 Å². The molecule has 0 saturated carbocycles. The predicted molar refractivity (Wildman–Crippen MR) is 92.7 cm³/mol. The molecule has 0 aliphatic rings. The van der Waals surface area contributed by atoms with Crippen LogP contribution in [-0.2, 0) is 11.3 Å². The number of hydrogen-bond acceptors (Lipinski definition) is 7. The van der Waals surface area contributed by atoms with Crippen molar-refractivity contribution in [3.8, 4) is 5.88 Å². The third-order valence-electron chi connectivity index (χ3n) is 3.14. The van der Waals surface area contributed by atoms with E-state index in [9.17, 15) is 4.79 Å². The van der Waals surface area contributed by atoms with Crippen LogP contribution in [0.3, 0.4) is 0 Å². The second-order valence-corrected chi connectivity index (χ2v) is 5.72. The van der Waals surface area contributed by atoms with Gasteiger partial charge in [-0.1, -0.05) is 0 Å². The van der Waals surface area contributed by atoms with Gasteiger partial charge in [-0.05, 0) is 25.5 Å². The van der Waals surface area contributed by atoms with Crippen LogP contribution in [0.4, 0.5) is 0 Å². The molecule has 0 aliphatic carbocycles. The van der Waals surface area contributed by atoms with Crippen molar-refractivity contribution in [1.29, 1.82) is 0 Å². The Hall–Kier alpha value is -1.48. The number of nitrogens with zero attached hydrogens (tertiary/aromatic N) is 2. The summed E-state index contributed by atoms with van der Waals surface area (Å²) in [7, 11) is 3.13. The molecule has 0 unspecified atom stereocenters. The summed E-state index contributed by atoms with van der Waals surface area (Å²) in [5.74, 6) is 0.874. The van der Waals surface area contributed by atoms with E-state index in [1.165, 1.54) is 11.3 Å². The normalized spacial score (nSPS) is 10.4. The van der Waals surface area contributed by atoms with Gasteiger partial charge in [0, 0.05) is 13.7 Å². The Morgan fingerprint density at radius 3 is 2.70 bits per heavy atom. The zero-order chi connectivity index (χ0) is 16.1. The zero-order valence-corrected chi connectivity index (χ0v) is 15.0. The number of aryl methyl sites for hydroxylation is 1. The van der Waals surface area contributed by atoms with Crippen molar-refractivity contribution in [3.05, 3.63) is 16.3 Å². The highest BCUT2D eigenvalue weighted by Gasteiger charge is 2.20. The van der Waals surface area contributed by atoms with Gasteiger partial charge in [0.15, 0.2) is 5.82 Å². The smallest absolute Gasteiger partial charge is 0.261 e. The molecular weight excluding hydrogens is 340 g/mol. The first-order valence-electron chi connectivity index (χ1n) is 6.93. The number of aromatic nitrogens is 2. The first-order valence-corrected chi connectivity index (χ1v) is 7.75. The van der Waals surface area contributed by atoms with E-state index in [1.807, 2.05) is 6.92 Å². The molecule has 0 radical (unpaired) electrons. The number of halogens is 1. The monoisotopic (exact) mass is 360 g/mol. The summed E-state index contributed by atoms with van der Waals surface area (Å²) in [5, 5.41) is 3.63. The second-order valence-electron chi connectivity index (χ2n) is 4.72. The second kappa shape index (κ2) is 8.97. The highest BCUT2D eigenvalue weighted by molar-refractivity contribution is 7.20. The van der Waals surface area contributed by atoms with Crippen LogP contribution in [0.15, 0.2) is 0 Å². The lowest BCUT2D eigenvalue weighted by molar-refractivity contribution is 0.0957. The number of thiophene rings is 1. The number of rotatable bonds is 7. The van der Waals surface area contributed by atoms with Gasteiger partial charge in [-0.2, -0.15) is 4.98 Å². The molecule has 2 aromatic rings. The molecule has 1 amide bonds. The SMILES string of the molecule is COCc1nc(OC)c2c(C)c(C(=O)NCCCN)sc2n1.Cl. The fourth-order valence-corrected chi connectivity index (χ4v) is 3.19. The van der Waals surface area contributed by atoms with E-state index in [0.29, 0.717) is 36.3 Å².